The summed E-state index contributed by atoms with van der Waals surface area (Å²) in [6, 6.07) is 0. The van der Waals surface area contributed by atoms with E-state index in [1.165, 1.54) is 0 Å². The molecule has 0 heterocycles. The van der Waals surface area contributed by atoms with Crippen LogP contribution in [-0.2, 0) is 0 Å². The van der Waals surface area contributed by atoms with Gasteiger partial charge in [-0.15, -0.1) is 0 Å². The minimum Gasteiger partial charge on any atom is -0.386 e. The summed E-state index contributed by atoms with van der Waals surface area (Å²) in [6.07, 6.45) is 5.03. The Morgan fingerprint density at radius 3 is 2.70 bits per heavy atom. The molecule has 0 aromatic carbocycles. The molecule has 1 aliphatic carbocycles. The zero-order valence-corrected chi connectivity index (χ0v) is 6.33. The number of aliphatic hydroxyl groups is 1. The van der Waals surface area contributed by atoms with Crippen molar-refractivity contribution in [3.63, 3.8) is 0 Å². The first-order chi connectivity index (χ1) is 4.54. The molecule has 0 aliphatic heterocycles. The number of aliphatic hydroxyl groups excluding tert-OH is 1. The molecule has 0 fully saturated rings. The number of hydrogen-bond donors (Lipinski definition) is 2. The van der Waals surface area contributed by atoms with E-state index in [-0.39, 0.29) is 0 Å². The molecule has 0 saturated heterocycles. The van der Waals surface area contributed by atoms with Crippen molar-refractivity contribution in [2.75, 3.05) is 0 Å². The Hall–Kier alpha value is -0.600. The summed E-state index contributed by atoms with van der Waals surface area (Å²) < 4.78 is 0. The zero-order chi connectivity index (χ0) is 7.78. The Labute approximate surface area is 61.0 Å². The Balaban J connectivity index is 2.89. The van der Waals surface area contributed by atoms with Crippen molar-refractivity contribution in [1.29, 1.82) is 0 Å². The average Bonchev–Trinajstić information content (AvgIpc) is 1.83. The molecule has 1 aliphatic rings. The maximum atomic E-state index is 9.46. The Bertz CT molecular complexity index is 191. The molecule has 2 nitrogen and oxygen atoms in total. The highest BCUT2D eigenvalue weighted by molar-refractivity contribution is 5.29. The van der Waals surface area contributed by atoms with Crippen molar-refractivity contribution in [1.82, 2.24) is 0 Å². The molecular formula is C8H13NO. The number of allylic oxidation sites excluding steroid dienone is 2. The maximum Gasteiger partial charge on any atom is 0.0963 e. The SMILES string of the molecule is CC1=CC=CC(C)(N)C1O. The van der Waals surface area contributed by atoms with Crippen molar-refractivity contribution in [3.05, 3.63) is 23.8 Å². The molecule has 3 N–H and O–H groups in total. The van der Waals surface area contributed by atoms with Crippen LogP contribution in [0, 0.1) is 0 Å². The van der Waals surface area contributed by atoms with Crippen LogP contribution in [0.2, 0.25) is 0 Å². The lowest BCUT2D eigenvalue weighted by Gasteiger charge is -2.30. The van der Waals surface area contributed by atoms with Crippen LogP contribution in [0.1, 0.15) is 13.8 Å². The van der Waals surface area contributed by atoms with Crippen LogP contribution >= 0.6 is 0 Å². The highest BCUT2D eigenvalue weighted by Crippen LogP contribution is 2.19. The summed E-state index contributed by atoms with van der Waals surface area (Å²) in [4.78, 5) is 0. The molecule has 1 rings (SSSR count). The van der Waals surface area contributed by atoms with E-state index in [1.807, 2.05) is 32.1 Å². The quantitative estimate of drug-likeness (QED) is 0.515. The van der Waals surface area contributed by atoms with E-state index < -0.39 is 11.6 Å². The minimum absolute atomic E-state index is 0.530. The van der Waals surface area contributed by atoms with Gasteiger partial charge in [-0.3, -0.25) is 0 Å². The molecular weight excluding hydrogens is 126 g/mol. The Morgan fingerprint density at radius 1 is 1.70 bits per heavy atom. The van der Waals surface area contributed by atoms with E-state index in [4.69, 9.17) is 5.73 Å². The van der Waals surface area contributed by atoms with E-state index in [0.717, 1.165) is 5.57 Å². The zero-order valence-electron chi connectivity index (χ0n) is 6.33. The Kier molecular flexibility index (Phi) is 1.67. The fourth-order valence-corrected chi connectivity index (χ4v) is 1.08. The van der Waals surface area contributed by atoms with Gasteiger partial charge in [-0.1, -0.05) is 18.2 Å². The highest BCUT2D eigenvalue weighted by atomic mass is 16.3. The lowest BCUT2D eigenvalue weighted by Crippen LogP contribution is -2.47. The molecule has 56 valence electrons. The first-order valence-corrected chi connectivity index (χ1v) is 3.37. The lowest BCUT2D eigenvalue weighted by atomic mass is 9.87. The number of nitrogens with two attached hydrogens (primary N) is 1. The van der Waals surface area contributed by atoms with Crippen LogP contribution in [-0.4, -0.2) is 16.7 Å². The first kappa shape index (κ1) is 7.51. The van der Waals surface area contributed by atoms with Crippen LogP contribution in [0.4, 0.5) is 0 Å². The summed E-state index contributed by atoms with van der Waals surface area (Å²) in [7, 11) is 0. The van der Waals surface area contributed by atoms with Crippen LogP contribution in [0.3, 0.4) is 0 Å². The molecule has 2 heteroatoms. The first-order valence-electron chi connectivity index (χ1n) is 3.37. The summed E-state index contributed by atoms with van der Waals surface area (Å²) in [5.74, 6) is 0. The van der Waals surface area contributed by atoms with Crippen molar-refractivity contribution >= 4 is 0 Å². The van der Waals surface area contributed by atoms with Gasteiger partial charge in [0.25, 0.3) is 0 Å². The molecule has 10 heavy (non-hydrogen) atoms. The van der Waals surface area contributed by atoms with Gasteiger partial charge < -0.3 is 10.8 Å². The molecule has 0 aromatic heterocycles. The molecule has 0 aromatic rings. The molecule has 2 atom stereocenters. The second-order valence-corrected chi connectivity index (χ2v) is 3.04. The second kappa shape index (κ2) is 2.22. The van der Waals surface area contributed by atoms with Gasteiger partial charge >= 0.3 is 0 Å². The lowest BCUT2D eigenvalue weighted by molar-refractivity contribution is 0.150. The third kappa shape index (κ3) is 1.13. The van der Waals surface area contributed by atoms with Gasteiger partial charge in [0, 0.05) is 0 Å². The standard InChI is InChI=1S/C8H13NO/c1-6-4-3-5-8(2,9)7(6)10/h3-5,7,10H,9H2,1-2H3. The molecule has 2 unspecified atom stereocenters. The van der Waals surface area contributed by atoms with Crippen molar-refractivity contribution in [2.45, 2.75) is 25.5 Å². The molecule has 0 spiro atoms. The van der Waals surface area contributed by atoms with Crippen LogP contribution in [0.5, 0.6) is 0 Å². The fraction of sp³-hybridized carbons (Fsp3) is 0.500. The minimum atomic E-state index is -0.584. The number of hydrogen-bond acceptors (Lipinski definition) is 2. The predicted molar refractivity (Wildman–Crippen MR) is 41.5 cm³/mol. The van der Waals surface area contributed by atoms with Crippen molar-refractivity contribution < 1.29 is 5.11 Å². The third-order valence-electron chi connectivity index (χ3n) is 1.83. The van der Waals surface area contributed by atoms with Gasteiger partial charge in [0.2, 0.25) is 0 Å². The smallest absolute Gasteiger partial charge is 0.0963 e. The van der Waals surface area contributed by atoms with E-state index in [0.29, 0.717) is 0 Å². The second-order valence-electron chi connectivity index (χ2n) is 3.04. The number of rotatable bonds is 0. The van der Waals surface area contributed by atoms with E-state index in [9.17, 15) is 5.11 Å². The average molecular weight is 139 g/mol. The molecule has 0 bridgehead atoms. The normalized spacial score (nSPS) is 39.6. The third-order valence-corrected chi connectivity index (χ3v) is 1.83. The van der Waals surface area contributed by atoms with Gasteiger partial charge in [-0.05, 0) is 19.4 Å². The summed E-state index contributed by atoms with van der Waals surface area (Å²) in [5.41, 5.74) is 6.07. The Morgan fingerprint density at radius 2 is 2.30 bits per heavy atom. The van der Waals surface area contributed by atoms with Crippen molar-refractivity contribution in [2.24, 2.45) is 5.73 Å². The fourth-order valence-electron chi connectivity index (χ4n) is 1.08. The summed E-state index contributed by atoms with van der Waals surface area (Å²) in [6.45, 7) is 3.68. The van der Waals surface area contributed by atoms with E-state index >= 15 is 0 Å². The van der Waals surface area contributed by atoms with Crippen molar-refractivity contribution in [3.8, 4) is 0 Å². The van der Waals surface area contributed by atoms with Gasteiger partial charge in [0.15, 0.2) is 0 Å². The predicted octanol–water partition coefficient (Wildman–Crippen LogP) is 0.581. The van der Waals surface area contributed by atoms with Crippen LogP contribution in [0.25, 0.3) is 0 Å². The van der Waals surface area contributed by atoms with Gasteiger partial charge in [0.1, 0.15) is 0 Å². The summed E-state index contributed by atoms with van der Waals surface area (Å²) >= 11 is 0. The maximum absolute atomic E-state index is 9.46. The van der Waals surface area contributed by atoms with E-state index in [1.54, 1.807) is 0 Å². The highest BCUT2D eigenvalue weighted by Gasteiger charge is 2.28. The largest absolute Gasteiger partial charge is 0.386 e. The van der Waals surface area contributed by atoms with Crippen LogP contribution < -0.4 is 5.73 Å². The topological polar surface area (TPSA) is 46.2 Å². The monoisotopic (exact) mass is 139 g/mol. The van der Waals surface area contributed by atoms with Crippen LogP contribution in [0.15, 0.2) is 23.8 Å². The summed E-state index contributed by atoms with van der Waals surface area (Å²) in [5, 5.41) is 9.46. The molecule has 0 amide bonds. The molecule has 0 radical (unpaired) electrons. The van der Waals surface area contributed by atoms with Gasteiger partial charge in [-0.25, -0.2) is 0 Å². The van der Waals surface area contributed by atoms with Gasteiger partial charge in [-0.2, -0.15) is 0 Å². The molecule has 0 saturated carbocycles. The van der Waals surface area contributed by atoms with E-state index in [2.05, 4.69) is 0 Å². The van der Waals surface area contributed by atoms with Gasteiger partial charge in [0.05, 0.1) is 11.6 Å².